The number of nitrogens with zero attached hydrogens (tertiary/aromatic N) is 4. The second-order valence-corrected chi connectivity index (χ2v) is 8.60. The van der Waals surface area contributed by atoms with Crippen molar-refractivity contribution in [1.82, 2.24) is 14.9 Å². The SMILES string of the molecule is CN1CC2CCCC1CN2c1nc(Cl)nc2c(Cl)c(Br)c(C(F)(F)F)cc12. The van der Waals surface area contributed by atoms with Crippen molar-refractivity contribution in [3.8, 4) is 0 Å². The third-order valence-electron chi connectivity index (χ3n) is 5.45. The highest BCUT2D eigenvalue weighted by Crippen LogP contribution is 2.44. The summed E-state index contributed by atoms with van der Waals surface area (Å²) in [4.78, 5) is 12.8. The maximum atomic E-state index is 13.5. The number of alkyl halides is 3. The molecule has 0 aliphatic carbocycles. The molecule has 4 nitrogen and oxygen atoms in total. The number of anilines is 1. The highest BCUT2D eigenvalue weighted by molar-refractivity contribution is 9.10. The number of benzene rings is 1. The Kier molecular flexibility index (Phi) is 4.98. The predicted molar refractivity (Wildman–Crippen MR) is 104 cm³/mol. The highest BCUT2D eigenvalue weighted by Gasteiger charge is 2.38. The molecule has 2 atom stereocenters. The molecule has 3 aliphatic rings. The minimum atomic E-state index is -4.55. The average Bonchev–Trinajstić information content (AvgIpc) is 2.89. The molecule has 0 N–H and O–H groups in total. The Morgan fingerprint density at radius 1 is 1.15 bits per heavy atom. The Hall–Kier alpha value is -0.830. The first-order chi connectivity index (χ1) is 12.7. The molecule has 0 spiro atoms. The highest BCUT2D eigenvalue weighted by atomic mass is 79.9. The van der Waals surface area contributed by atoms with E-state index in [-0.39, 0.29) is 31.7 Å². The second-order valence-electron chi connectivity index (χ2n) is 7.09. The van der Waals surface area contributed by atoms with Crippen LogP contribution in [0.3, 0.4) is 0 Å². The summed E-state index contributed by atoms with van der Waals surface area (Å²) in [6.07, 6.45) is -1.46. The molecular weight excluding hydrogens is 468 g/mol. The maximum Gasteiger partial charge on any atom is 0.417 e. The van der Waals surface area contributed by atoms with E-state index in [4.69, 9.17) is 23.2 Å². The van der Waals surface area contributed by atoms with Crippen LogP contribution in [0.25, 0.3) is 10.9 Å². The van der Waals surface area contributed by atoms with Crippen LogP contribution in [-0.2, 0) is 6.18 Å². The lowest BCUT2D eigenvalue weighted by Crippen LogP contribution is -2.55. The fourth-order valence-corrected chi connectivity index (χ4v) is 5.03. The van der Waals surface area contributed by atoms with Crippen molar-refractivity contribution in [2.75, 3.05) is 25.0 Å². The van der Waals surface area contributed by atoms with Gasteiger partial charge in [-0.3, -0.25) is 4.90 Å². The minimum absolute atomic E-state index is 0.0282. The summed E-state index contributed by atoms with van der Waals surface area (Å²) in [5, 5.41) is 0.136. The van der Waals surface area contributed by atoms with Gasteiger partial charge in [-0.1, -0.05) is 11.6 Å². The number of aromatic nitrogens is 2. The van der Waals surface area contributed by atoms with Gasteiger partial charge in [0.1, 0.15) is 5.82 Å². The molecule has 146 valence electrons. The molecule has 2 bridgehead atoms. The number of rotatable bonds is 1. The molecule has 2 aromatic rings. The monoisotopic (exact) mass is 482 g/mol. The van der Waals surface area contributed by atoms with Gasteiger partial charge < -0.3 is 4.90 Å². The van der Waals surface area contributed by atoms with Gasteiger partial charge in [0, 0.05) is 30.6 Å². The molecule has 4 heterocycles. The molecule has 1 aromatic carbocycles. The summed E-state index contributed by atoms with van der Waals surface area (Å²) in [6, 6.07) is 1.57. The van der Waals surface area contributed by atoms with Gasteiger partial charge in [0.15, 0.2) is 0 Å². The summed E-state index contributed by atoms with van der Waals surface area (Å²) < 4.78 is 40.3. The van der Waals surface area contributed by atoms with Crippen molar-refractivity contribution in [2.45, 2.75) is 37.5 Å². The fraction of sp³-hybridized carbons (Fsp3) is 0.529. The van der Waals surface area contributed by atoms with Crippen molar-refractivity contribution < 1.29 is 13.2 Å². The first kappa shape index (κ1) is 19.5. The van der Waals surface area contributed by atoms with E-state index in [1.54, 1.807) is 0 Å². The van der Waals surface area contributed by atoms with Gasteiger partial charge in [-0.15, -0.1) is 0 Å². The predicted octanol–water partition coefficient (Wildman–Crippen LogP) is 5.39. The Morgan fingerprint density at radius 2 is 1.85 bits per heavy atom. The number of likely N-dealkylation sites (N-methyl/N-ethyl adjacent to an activating group) is 1. The van der Waals surface area contributed by atoms with E-state index in [0.717, 1.165) is 31.9 Å². The molecule has 27 heavy (non-hydrogen) atoms. The first-order valence-corrected chi connectivity index (χ1v) is 10.1. The van der Waals surface area contributed by atoms with Gasteiger partial charge in [0.2, 0.25) is 5.28 Å². The van der Waals surface area contributed by atoms with Crippen LogP contribution in [0.15, 0.2) is 10.5 Å². The summed E-state index contributed by atoms with van der Waals surface area (Å²) in [5.41, 5.74) is -0.621. The van der Waals surface area contributed by atoms with Crippen molar-refractivity contribution in [3.63, 3.8) is 0 Å². The standard InChI is InChI=1S/C17H16BrCl2F3N4/c1-26-6-9-4-2-3-8(26)7-27(9)15-10-5-11(17(21,22)23)12(18)13(19)14(10)24-16(20)25-15/h5,8-9H,2-4,6-7H2,1H3. The van der Waals surface area contributed by atoms with E-state index in [9.17, 15) is 13.2 Å². The maximum absolute atomic E-state index is 13.5. The summed E-state index contributed by atoms with van der Waals surface area (Å²) in [6.45, 7) is 1.53. The van der Waals surface area contributed by atoms with E-state index in [0.29, 0.717) is 18.4 Å². The lowest BCUT2D eigenvalue weighted by Gasteiger charge is -2.43. The van der Waals surface area contributed by atoms with Crippen LogP contribution in [-0.4, -0.2) is 47.1 Å². The largest absolute Gasteiger partial charge is 0.417 e. The Bertz CT molecular complexity index is 908. The zero-order valence-corrected chi connectivity index (χ0v) is 17.4. The summed E-state index contributed by atoms with van der Waals surface area (Å²) in [5.74, 6) is 0.426. The van der Waals surface area contributed by atoms with E-state index in [1.165, 1.54) is 0 Å². The number of hydrogen-bond donors (Lipinski definition) is 0. The van der Waals surface area contributed by atoms with Crippen molar-refractivity contribution in [1.29, 1.82) is 0 Å². The number of piperazine rings is 1. The van der Waals surface area contributed by atoms with Crippen molar-refractivity contribution >= 4 is 55.9 Å². The average molecular weight is 484 g/mol. The Labute approximate surface area is 172 Å². The lowest BCUT2D eigenvalue weighted by atomic mass is 10.1. The van der Waals surface area contributed by atoms with Gasteiger partial charge in [0.05, 0.1) is 20.6 Å². The van der Waals surface area contributed by atoms with E-state index >= 15 is 0 Å². The molecule has 3 aliphatic heterocycles. The van der Waals surface area contributed by atoms with Crippen LogP contribution in [0, 0.1) is 0 Å². The van der Waals surface area contributed by atoms with Crippen LogP contribution >= 0.6 is 39.1 Å². The smallest absolute Gasteiger partial charge is 0.350 e. The quantitative estimate of drug-likeness (QED) is 0.509. The molecule has 0 amide bonds. The van der Waals surface area contributed by atoms with Crippen LogP contribution in [0.1, 0.15) is 24.8 Å². The van der Waals surface area contributed by atoms with Gasteiger partial charge in [-0.25, -0.2) is 4.98 Å². The van der Waals surface area contributed by atoms with Gasteiger partial charge in [0.25, 0.3) is 0 Å². The van der Waals surface area contributed by atoms with E-state index in [2.05, 4.69) is 42.7 Å². The van der Waals surface area contributed by atoms with Crippen molar-refractivity contribution in [2.24, 2.45) is 0 Å². The molecule has 0 radical (unpaired) electrons. The minimum Gasteiger partial charge on any atom is -0.350 e. The Balaban J connectivity index is 1.94. The van der Waals surface area contributed by atoms with Gasteiger partial charge in [-0.05, 0) is 59.9 Å². The topological polar surface area (TPSA) is 32.3 Å². The van der Waals surface area contributed by atoms with Gasteiger partial charge >= 0.3 is 6.18 Å². The Morgan fingerprint density at radius 3 is 2.56 bits per heavy atom. The van der Waals surface area contributed by atoms with Crippen LogP contribution in [0.5, 0.6) is 0 Å². The molecule has 1 aromatic heterocycles. The second kappa shape index (κ2) is 6.90. The summed E-state index contributed by atoms with van der Waals surface area (Å²) in [7, 11) is 2.08. The molecule has 0 saturated carbocycles. The summed E-state index contributed by atoms with van der Waals surface area (Å²) >= 11 is 15.3. The van der Waals surface area contributed by atoms with Crippen LogP contribution < -0.4 is 4.90 Å². The molecular formula is C17H16BrCl2F3N4. The van der Waals surface area contributed by atoms with Crippen molar-refractivity contribution in [3.05, 3.63) is 26.4 Å². The van der Waals surface area contributed by atoms with E-state index < -0.39 is 11.7 Å². The normalized spacial score (nSPS) is 23.9. The zero-order chi connectivity index (χ0) is 19.5. The van der Waals surface area contributed by atoms with Gasteiger partial charge in [-0.2, -0.15) is 18.2 Å². The molecule has 10 heteroatoms. The fourth-order valence-electron chi connectivity index (χ4n) is 4.09. The number of fused-ring (bicyclic) bond motifs is 5. The van der Waals surface area contributed by atoms with Crippen LogP contribution in [0.2, 0.25) is 10.3 Å². The third-order valence-corrected chi connectivity index (χ3v) is 7.04. The first-order valence-electron chi connectivity index (χ1n) is 8.56. The van der Waals surface area contributed by atoms with Crippen LogP contribution in [0.4, 0.5) is 19.0 Å². The molecule has 3 saturated heterocycles. The number of halogens is 6. The zero-order valence-electron chi connectivity index (χ0n) is 14.3. The molecule has 3 fully saturated rings. The number of hydrogen-bond acceptors (Lipinski definition) is 4. The third kappa shape index (κ3) is 3.39. The molecule has 2 unspecified atom stereocenters. The van der Waals surface area contributed by atoms with E-state index in [1.807, 2.05) is 0 Å². The lowest BCUT2D eigenvalue weighted by molar-refractivity contribution is -0.138. The molecule has 5 rings (SSSR count).